The first kappa shape index (κ1) is 11.0. The van der Waals surface area contributed by atoms with Crippen LogP contribution in [0.25, 0.3) is 33.4 Å². The standard InChI is InChI=1S/C16H12N4/c1-3-12(16-8-17-9-18-16)4-2-11(1)13-5-6-14-15(7-13)20-10-19-14/h1-10H,(H,17,18)(H,19,20). The number of fused-ring (bicyclic) bond motifs is 1. The Bertz CT molecular complexity index is 842. The van der Waals surface area contributed by atoms with E-state index in [1.54, 1.807) is 12.7 Å². The van der Waals surface area contributed by atoms with Crippen LogP contribution in [0.5, 0.6) is 0 Å². The summed E-state index contributed by atoms with van der Waals surface area (Å²) in [6, 6.07) is 14.7. The maximum atomic E-state index is 4.23. The average molecular weight is 260 g/mol. The second kappa shape index (κ2) is 4.35. The lowest BCUT2D eigenvalue weighted by molar-refractivity contribution is 1.31. The van der Waals surface area contributed by atoms with Gasteiger partial charge in [0.2, 0.25) is 0 Å². The van der Waals surface area contributed by atoms with Gasteiger partial charge < -0.3 is 9.97 Å². The number of nitrogens with one attached hydrogen (secondary N) is 2. The van der Waals surface area contributed by atoms with Crippen LogP contribution in [0.15, 0.2) is 61.3 Å². The fraction of sp³-hybridized carbons (Fsp3) is 0. The molecule has 0 aliphatic heterocycles. The molecular weight excluding hydrogens is 248 g/mol. The van der Waals surface area contributed by atoms with Gasteiger partial charge in [-0.1, -0.05) is 30.3 Å². The van der Waals surface area contributed by atoms with E-state index in [9.17, 15) is 0 Å². The molecule has 0 aliphatic carbocycles. The van der Waals surface area contributed by atoms with Gasteiger partial charge in [0, 0.05) is 0 Å². The zero-order chi connectivity index (χ0) is 13.4. The summed E-state index contributed by atoms with van der Waals surface area (Å²) in [4.78, 5) is 14.5. The minimum Gasteiger partial charge on any atom is -0.345 e. The van der Waals surface area contributed by atoms with Gasteiger partial charge in [0.15, 0.2) is 0 Å². The van der Waals surface area contributed by atoms with E-state index in [2.05, 4.69) is 56.3 Å². The van der Waals surface area contributed by atoms with Gasteiger partial charge in [0.05, 0.1) is 35.6 Å². The molecule has 0 unspecified atom stereocenters. The number of hydrogen-bond donors (Lipinski definition) is 2. The third-order valence-corrected chi connectivity index (χ3v) is 3.45. The molecule has 20 heavy (non-hydrogen) atoms. The summed E-state index contributed by atoms with van der Waals surface area (Å²) in [7, 11) is 0. The van der Waals surface area contributed by atoms with Gasteiger partial charge in [0.1, 0.15) is 0 Å². The Labute approximate surface area is 115 Å². The molecule has 2 aromatic carbocycles. The monoisotopic (exact) mass is 260 g/mol. The van der Waals surface area contributed by atoms with Crippen LogP contribution < -0.4 is 0 Å². The molecule has 4 heteroatoms. The van der Waals surface area contributed by atoms with Gasteiger partial charge in [-0.15, -0.1) is 0 Å². The third kappa shape index (κ3) is 1.78. The van der Waals surface area contributed by atoms with Crippen molar-refractivity contribution in [3.05, 3.63) is 61.3 Å². The Morgan fingerprint density at radius 3 is 2.35 bits per heavy atom. The van der Waals surface area contributed by atoms with E-state index in [0.29, 0.717) is 0 Å². The maximum Gasteiger partial charge on any atom is 0.0931 e. The fourth-order valence-electron chi connectivity index (χ4n) is 2.37. The number of imidazole rings is 2. The van der Waals surface area contributed by atoms with E-state index in [-0.39, 0.29) is 0 Å². The SMILES string of the molecule is c1ncc(-c2ccc(-c3ccc4nc[nH]c4c3)cc2)[nH]1. The molecular formula is C16H12N4. The van der Waals surface area contributed by atoms with E-state index in [0.717, 1.165) is 22.3 Å². The molecule has 0 bridgehead atoms. The molecule has 2 N–H and O–H groups in total. The zero-order valence-corrected chi connectivity index (χ0v) is 10.7. The number of aromatic amines is 2. The van der Waals surface area contributed by atoms with E-state index < -0.39 is 0 Å². The van der Waals surface area contributed by atoms with Crippen LogP contribution in [-0.4, -0.2) is 19.9 Å². The fourth-order valence-corrected chi connectivity index (χ4v) is 2.37. The lowest BCUT2D eigenvalue weighted by atomic mass is 10.0. The highest BCUT2D eigenvalue weighted by Crippen LogP contribution is 2.25. The minimum absolute atomic E-state index is 0.989. The van der Waals surface area contributed by atoms with Crippen LogP contribution in [0.4, 0.5) is 0 Å². The summed E-state index contributed by atoms with van der Waals surface area (Å²) in [5.41, 5.74) is 6.57. The Kier molecular flexibility index (Phi) is 2.39. The summed E-state index contributed by atoms with van der Waals surface area (Å²) in [6.45, 7) is 0. The van der Waals surface area contributed by atoms with Crippen molar-refractivity contribution in [2.75, 3.05) is 0 Å². The summed E-state index contributed by atoms with van der Waals surface area (Å²) < 4.78 is 0. The number of nitrogens with zero attached hydrogens (tertiary/aromatic N) is 2. The van der Waals surface area contributed by atoms with Crippen molar-refractivity contribution in [3.8, 4) is 22.4 Å². The second-order valence-electron chi connectivity index (χ2n) is 4.68. The van der Waals surface area contributed by atoms with Crippen molar-refractivity contribution in [1.82, 2.24) is 19.9 Å². The van der Waals surface area contributed by atoms with Gasteiger partial charge in [-0.3, -0.25) is 0 Å². The van der Waals surface area contributed by atoms with Crippen molar-refractivity contribution in [2.45, 2.75) is 0 Å². The van der Waals surface area contributed by atoms with Gasteiger partial charge in [-0.25, -0.2) is 9.97 Å². The van der Waals surface area contributed by atoms with Crippen LogP contribution in [-0.2, 0) is 0 Å². The smallest absolute Gasteiger partial charge is 0.0931 e. The van der Waals surface area contributed by atoms with E-state index in [1.807, 2.05) is 12.3 Å². The maximum absolute atomic E-state index is 4.23. The van der Waals surface area contributed by atoms with Crippen molar-refractivity contribution in [2.24, 2.45) is 0 Å². The summed E-state index contributed by atoms with van der Waals surface area (Å²) in [6.07, 6.45) is 5.23. The predicted molar refractivity (Wildman–Crippen MR) is 79.1 cm³/mol. The number of hydrogen-bond acceptors (Lipinski definition) is 2. The van der Waals surface area contributed by atoms with Crippen LogP contribution in [0.3, 0.4) is 0 Å². The molecule has 4 rings (SSSR count). The van der Waals surface area contributed by atoms with Crippen molar-refractivity contribution < 1.29 is 0 Å². The Balaban J connectivity index is 1.74. The Morgan fingerprint density at radius 2 is 1.55 bits per heavy atom. The second-order valence-corrected chi connectivity index (χ2v) is 4.68. The predicted octanol–water partition coefficient (Wildman–Crippen LogP) is 3.62. The molecule has 0 spiro atoms. The van der Waals surface area contributed by atoms with E-state index in [4.69, 9.17) is 0 Å². The lowest BCUT2D eigenvalue weighted by Gasteiger charge is -2.03. The first-order valence-corrected chi connectivity index (χ1v) is 6.42. The molecule has 2 aromatic heterocycles. The van der Waals surface area contributed by atoms with Crippen molar-refractivity contribution in [1.29, 1.82) is 0 Å². The summed E-state index contributed by atoms with van der Waals surface area (Å²) in [5, 5.41) is 0. The van der Waals surface area contributed by atoms with Crippen molar-refractivity contribution in [3.63, 3.8) is 0 Å². The third-order valence-electron chi connectivity index (χ3n) is 3.45. The average Bonchev–Trinajstić information content (AvgIpc) is 3.18. The van der Waals surface area contributed by atoms with Gasteiger partial charge in [0.25, 0.3) is 0 Å². The summed E-state index contributed by atoms with van der Waals surface area (Å²) >= 11 is 0. The largest absolute Gasteiger partial charge is 0.345 e. The molecule has 0 fully saturated rings. The Morgan fingerprint density at radius 1 is 0.750 bits per heavy atom. The summed E-state index contributed by atoms with van der Waals surface area (Å²) in [5.74, 6) is 0. The van der Waals surface area contributed by atoms with Crippen LogP contribution in [0.2, 0.25) is 0 Å². The first-order chi connectivity index (χ1) is 9.90. The molecule has 0 saturated carbocycles. The highest BCUT2D eigenvalue weighted by molar-refractivity contribution is 5.82. The Hall–Kier alpha value is -2.88. The molecule has 96 valence electrons. The van der Waals surface area contributed by atoms with Crippen LogP contribution >= 0.6 is 0 Å². The number of rotatable bonds is 2. The molecule has 4 aromatic rings. The van der Waals surface area contributed by atoms with Crippen molar-refractivity contribution >= 4 is 11.0 Å². The van der Waals surface area contributed by atoms with E-state index in [1.165, 1.54) is 11.1 Å². The van der Waals surface area contributed by atoms with Gasteiger partial charge in [-0.05, 0) is 28.8 Å². The normalized spacial score (nSPS) is 11.0. The van der Waals surface area contributed by atoms with Crippen LogP contribution in [0, 0.1) is 0 Å². The molecule has 0 aliphatic rings. The highest BCUT2D eigenvalue weighted by Gasteiger charge is 2.03. The lowest BCUT2D eigenvalue weighted by Crippen LogP contribution is -1.81. The number of benzene rings is 2. The molecule has 4 nitrogen and oxygen atoms in total. The van der Waals surface area contributed by atoms with Gasteiger partial charge >= 0.3 is 0 Å². The topological polar surface area (TPSA) is 57.4 Å². The quantitative estimate of drug-likeness (QED) is 0.578. The molecule has 0 radical (unpaired) electrons. The molecule has 0 saturated heterocycles. The highest BCUT2D eigenvalue weighted by atomic mass is 14.9. The zero-order valence-electron chi connectivity index (χ0n) is 10.7. The van der Waals surface area contributed by atoms with Gasteiger partial charge in [-0.2, -0.15) is 0 Å². The molecule has 0 atom stereocenters. The van der Waals surface area contributed by atoms with Crippen LogP contribution in [0.1, 0.15) is 0 Å². The van der Waals surface area contributed by atoms with E-state index >= 15 is 0 Å². The number of aromatic nitrogens is 4. The number of H-pyrrole nitrogens is 2. The molecule has 2 heterocycles. The molecule has 0 amide bonds. The minimum atomic E-state index is 0.989. The first-order valence-electron chi connectivity index (χ1n) is 6.42.